The summed E-state index contributed by atoms with van der Waals surface area (Å²) < 4.78 is 16.8. The van der Waals surface area contributed by atoms with E-state index in [0.717, 1.165) is 57.8 Å². The van der Waals surface area contributed by atoms with Gasteiger partial charge in [0.2, 0.25) is 0 Å². The van der Waals surface area contributed by atoms with Crippen molar-refractivity contribution in [2.75, 3.05) is 13.2 Å². The lowest BCUT2D eigenvalue weighted by Crippen LogP contribution is -2.30. The number of allylic oxidation sites excluding steroid dienone is 2. The predicted molar refractivity (Wildman–Crippen MR) is 270 cm³/mol. The van der Waals surface area contributed by atoms with E-state index in [0.29, 0.717) is 19.3 Å². The van der Waals surface area contributed by atoms with Crippen LogP contribution in [0, 0.1) is 0 Å². The number of carbonyl (C=O) groups excluding carboxylic acids is 3. The fourth-order valence-corrected chi connectivity index (χ4v) is 8.50. The number of carbonyl (C=O) groups is 3. The summed E-state index contributed by atoms with van der Waals surface area (Å²) in [7, 11) is 0. The first kappa shape index (κ1) is 61.1. The molecule has 0 radical (unpaired) electrons. The summed E-state index contributed by atoms with van der Waals surface area (Å²) in [6.45, 7) is 6.67. The van der Waals surface area contributed by atoms with Crippen molar-refractivity contribution in [3.05, 3.63) is 12.2 Å². The summed E-state index contributed by atoms with van der Waals surface area (Å²) in [6, 6.07) is 0. The minimum Gasteiger partial charge on any atom is -0.462 e. The molecule has 372 valence electrons. The maximum atomic E-state index is 12.8. The smallest absolute Gasteiger partial charge is 0.306 e. The van der Waals surface area contributed by atoms with E-state index in [2.05, 4.69) is 32.9 Å². The molecule has 0 aromatic rings. The Bertz CT molecular complexity index is 978. The molecule has 0 aliphatic carbocycles. The highest BCUT2D eigenvalue weighted by Gasteiger charge is 2.19. The van der Waals surface area contributed by atoms with Crippen LogP contribution in [0.4, 0.5) is 0 Å². The van der Waals surface area contributed by atoms with E-state index in [-0.39, 0.29) is 31.1 Å². The molecule has 0 aliphatic heterocycles. The lowest BCUT2D eigenvalue weighted by molar-refractivity contribution is -0.167. The molecule has 1 atom stereocenters. The molecule has 0 fully saturated rings. The van der Waals surface area contributed by atoms with Crippen LogP contribution in [-0.2, 0) is 28.6 Å². The Morgan fingerprint density at radius 2 is 0.524 bits per heavy atom. The third kappa shape index (κ3) is 51.0. The molecule has 0 bridgehead atoms. The molecule has 0 saturated heterocycles. The largest absolute Gasteiger partial charge is 0.462 e. The zero-order valence-corrected chi connectivity index (χ0v) is 42.6. The van der Waals surface area contributed by atoms with Gasteiger partial charge in [-0.25, -0.2) is 0 Å². The third-order valence-corrected chi connectivity index (χ3v) is 12.8. The van der Waals surface area contributed by atoms with Crippen LogP contribution >= 0.6 is 0 Å². The molecule has 0 aromatic heterocycles. The zero-order chi connectivity index (χ0) is 45.8. The summed E-state index contributed by atoms with van der Waals surface area (Å²) in [6.07, 6.45) is 59.2. The van der Waals surface area contributed by atoms with Crippen molar-refractivity contribution in [3.63, 3.8) is 0 Å². The predicted octanol–water partition coefficient (Wildman–Crippen LogP) is 18.5. The molecule has 63 heavy (non-hydrogen) atoms. The van der Waals surface area contributed by atoms with Gasteiger partial charge in [-0.15, -0.1) is 0 Å². The van der Waals surface area contributed by atoms with Crippen molar-refractivity contribution in [1.82, 2.24) is 0 Å². The minimum absolute atomic E-state index is 0.0650. The van der Waals surface area contributed by atoms with Gasteiger partial charge in [0.1, 0.15) is 13.2 Å². The van der Waals surface area contributed by atoms with E-state index in [1.807, 2.05) is 0 Å². The van der Waals surface area contributed by atoms with E-state index >= 15 is 0 Å². The van der Waals surface area contributed by atoms with Crippen LogP contribution in [0.1, 0.15) is 316 Å². The van der Waals surface area contributed by atoms with Crippen molar-refractivity contribution < 1.29 is 28.6 Å². The quantitative estimate of drug-likeness (QED) is 0.0262. The van der Waals surface area contributed by atoms with Gasteiger partial charge in [-0.05, 0) is 44.9 Å². The number of hydrogen-bond donors (Lipinski definition) is 0. The highest BCUT2D eigenvalue weighted by molar-refractivity contribution is 5.71. The van der Waals surface area contributed by atoms with Crippen molar-refractivity contribution in [3.8, 4) is 0 Å². The van der Waals surface area contributed by atoms with Crippen molar-refractivity contribution >= 4 is 17.9 Å². The van der Waals surface area contributed by atoms with E-state index < -0.39 is 6.10 Å². The molecule has 6 nitrogen and oxygen atoms in total. The van der Waals surface area contributed by atoms with Crippen LogP contribution in [0.3, 0.4) is 0 Å². The molecule has 0 saturated carbocycles. The molecule has 0 heterocycles. The first-order valence-electron chi connectivity index (χ1n) is 28.2. The normalized spacial score (nSPS) is 12.0. The van der Waals surface area contributed by atoms with Crippen molar-refractivity contribution in [1.29, 1.82) is 0 Å². The fourth-order valence-electron chi connectivity index (χ4n) is 8.50. The van der Waals surface area contributed by atoms with Crippen molar-refractivity contribution in [2.45, 2.75) is 322 Å². The molecular formula is C57H108O6. The average molecular weight is 889 g/mol. The number of hydrogen-bond acceptors (Lipinski definition) is 6. The Hall–Kier alpha value is -1.85. The standard InChI is InChI=1S/C57H108O6/c1-4-7-10-13-16-19-22-24-26-28-29-30-32-33-35-38-41-44-47-50-56(59)62-53-54(52-61-55(58)49-46-43-40-37-21-18-15-12-9-6-3)63-57(60)51-48-45-42-39-36-34-31-27-25-23-20-17-14-11-8-5-2/h24,26,54H,4-23,25,27-53H2,1-3H3/b26-24-. The summed E-state index contributed by atoms with van der Waals surface area (Å²) in [5, 5.41) is 0. The van der Waals surface area contributed by atoms with Gasteiger partial charge in [0, 0.05) is 19.3 Å². The maximum Gasteiger partial charge on any atom is 0.306 e. The number of rotatable bonds is 52. The lowest BCUT2D eigenvalue weighted by Gasteiger charge is -2.18. The Balaban J connectivity index is 4.25. The van der Waals surface area contributed by atoms with Gasteiger partial charge in [0.25, 0.3) is 0 Å². The Kier molecular flexibility index (Phi) is 51.2. The second-order valence-electron chi connectivity index (χ2n) is 19.2. The second-order valence-corrected chi connectivity index (χ2v) is 19.2. The van der Waals surface area contributed by atoms with Gasteiger partial charge < -0.3 is 14.2 Å². The van der Waals surface area contributed by atoms with Gasteiger partial charge in [0.05, 0.1) is 0 Å². The number of esters is 3. The van der Waals surface area contributed by atoms with Crippen LogP contribution in [0.2, 0.25) is 0 Å². The van der Waals surface area contributed by atoms with Crippen LogP contribution in [0.25, 0.3) is 0 Å². The number of unbranched alkanes of at least 4 members (excludes halogenated alkanes) is 39. The molecule has 0 aliphatic rings. The Labute approximate surface area is 392 Å². The highest BCUT2D eigenvalue weighted by Crippen LogP contribution is 2.17. The summed E-state index contributed by atoms with van der Waals surface area (Å²) in [5.74, 6) is -0.847. The summed E-state index contributed by atoms with van der Waals surface area (Å²) in [4.78, 5) is 38.0. The molecule has 0 rings (SSSR count). The first-order chi connectivity index (χ1) is 31.0. The van der Waals surface area contributed by atoms with Gasteiger partial charge in [0.15, 0.2) is 6.10 Å². The molecule has 0 amide bonds. The molecule has 0 N–H and O–H groups in total. The zero-order valence-electron chi connectivity index (χ0n) is 42.6. The van der Waals surface area contributed by atoms with E-state index in [9.17, 15) is 14.4 Å². The maximum absolute atomic E-state index is 12.8. The average Bonchev–Trinajstić information content (AvgIpc) is 3.28. The SMILES string of the molecule is CCCCCCCC/C=C\CCCCCCCCCCCC(=O)OCC(COC(=O)CCCCCCCCCCCC)OC(=O)CCCCCCCCCCCCCCCCCC. The van der Waals surface area contributed by atoms with Crippen molar-refractivity contribution in [2.24, 2.45) is 0 Å². The Morgan fingerprint density at radius 3 is 0.794 bits per heavy atom. The van der Waals surface area contributed by atoms with Crippen LogP contribution in [-0.4, -0.2) is 37.2 Å². The van der Waals surface area contributed by atoms with Gasteiger partial charge in [-0.3, -0.25) is 14.4 Å². The monoisotopic (exact) mass is 889 g/mol. The topological polar surface area (TPSA) is 78.9 Å². The van der Waals surface area contributed by atoms with Gasteiger partial charge in [-0.1, -0.05) is 264 Å². The van der Waals surface area contributed by atoms with Crippen LogP contribution < -0.4 is 0 Å². The third-order valence-electron chi connectivity index (χ3n) is 12.8. The minimum atomic E-state index is -0.764. The Morgan fingerprint density at radius 1 is 0.302 bits per heavy atom. The van der Waals surface area contributed by atoms with Gasteiger partial charge in [-0.2, -0.15) is 0 Å². The fraction of sp³-hybridized carbons (Fsp3) is 0.912. The summed E-state index contributed by atoms with van der Waals surface area (Å²) >= 11 is 0. The van der Waals surface area contributed by atoms with Gasteiger partial charge >= 0.3 is 17.9 Å². The summed E-state index contributed by atoms with van der Waals surface area (Å²) in [5.41, 5.74) is 0. The van der Waals surface area contributed by atoms with E-state index in [1.54, 1.807) is 0 Å². The first-order valence-corrected chi connectivity index (χ1v) is 28.2. The molecular weight excluding hydrogens is 781 g/mol. The lowest BCUT2D eigenvalue weighted by atomic mass is 10.0. The number of ether oxygens (including phenoxy) is 3. The van der Waals surface area contributed by atoms with Crippen LogP contribution in [0.5, 0.6) is 0 Å². The van der Waals surface area contributed by atoms with E-state index in [4.69, 9.17) is 14.2 Å². The van der Waals surface area contributed by atoms with E-state index in [1.165, 1.54) is 218 Å². The molecule has 0 spiro atoms. The van der Waals surface area contributed by atoms with Crippen LogP contribution in [0.15, 0.2) is 12.2 Å². The molecule has 6 heteroatoms. The second kappa shape index (κ2) is 52.8. The molecule has 0 aromatic carbocycles. The molecule has 1 unspecified atom stereocenters. The highest BCUT2D eigenvalue weighted by atomic mass is 16.6.